The molecule has 70 valence electrons. The molecule has 3 N–H and O–H groups in total. The second-order valence-corrected chi connectivity index (χ2v) is 2.81. The first-order chi connectivity index (χ1) is 6.19. The Kier molecular flexibility index (Phi) is 3.22. The molecule has 4 nitrogen and oxygen atoms in total. The van der Waals surface area contributed by atoms with Gasteiger partial charge in [-0.05, 0) is 6.08 Å². The standard InChI is InChI=1S/C8H10ClN3O/c1-11-4-5-3-6(9)12-8(13-2)7(5)10/h3-4,10-11H,1-2H3/p+1/b5-4-,10-7?. The summed E-state index contributed by atoms with van der Waals surface area (Å²) in [5, 5.41) is 9.82. The van der Waals surface area contributed by atoms with Crippen molar-refractivity contribution in [2.75, 3.05) is 14.2 Å². The first-order valence-corrected chi connectivity index (χ1v) is 4.15. The van der Waals surface area contributed by atoms with Crippen molar-refractivity contribution in [1.29, 1.82) is 5.41 Å². The van der Waals surface area contributed by atoms with Gasteiger partial charge in [0.2, 0.25) is 5.90 Å². The van der Waals surface area contributed by atoms with Crippen LogP contribution in [0.5, 0.6) is 0 Å². The van der Waals surface area contributed by atoms with Crippen molar-refractivity contribution in [3.63, 3.8) is 0 Å². The molecule has 0 bridgehead atoms. The molecule has 0 aromatic heterocycles. The van der Waals surface area contributed by atoms with E-state index in [4.69, 9.17) is 21.7 Å². The molecule has 0 aromatic rings. The maximum Gasteiger partial charge on any atom is 0.241 e. The van der Waals surface area contributed by atoms with E-state index in [1.54, 1.807) is 12.3 Å². The number of ether oxygens (including phenoxy) is 1. The Morgan fingerprint density at radius 2 is 2.38 bits per heavy atom. The zero-order valence-corrected chi connectivity index (χ0v) is 8.22. The van der Waals surface area contributed by atoms with E-state index in [0.717, 1.165) is 0 Å². The van der Waals surface area contributed by atoms with Gasteiger partial charge in [0.1, 0.15) is 17.1 Å². The van der Waals surface area contributed by atoms with Crippen molar-refractivity contribution in [3.05, 3.63) is 23.0 Å². The Hall–Kier alpha value is -1.13. The van der Waals surface area contributed by atoms with Crippen LogP contribution < -0.4 is 5.32 Å². The Morgan fingerprint density at radius 3 is 2.92 bits per heavy atom. The summed E-state index contributed by atoms with van der Waals surface area (Å²) in [6.07, 6.45) is 3.42. The average molecular weight is 201 g/mol. The molecule has 0 unspecified atom stereocenters. The van der Waals surface area contributed by atoms with Crippen molar-refractivity contribution >= 4 is 23.2 Å². The molecule has 0 aliphatic carbocycles. The topological polar surface area (TPSA) is 62.1 Å². The van der Waals surface area contributed by atoms with Gasteiger partial charge in [0.25, 0.3) is 0 Å². The van der Waals surface area contributed by atoms with Gasteiger partial charge in [-0.25, -0.2) is 0 Å². The fraction of sp³-hybridized carbons (Fsp3) is 0.250. The fourth-order valence-electron chi connectivity index (χ4n) is 0.968. The van der Waals surface area contributed by atoms with E-state index in [-0.39, 0.29) is 11.6 Å². The first-order valence-electron chi connectivity index (χ1n) is 3.78. The average Bonchev–Trinajstić information content (AvgIpc) is 2.11. The number of aliphatic imine (C=N–C) groups is 1. The SMILES string of the molecule is C[NH2+]/C=C1/C=C(Cl)N=C(OC)C1=N. The zero-order valence-electron chi connectivity index (χ0n) is 7.47. The van der Waals surface area contributed by atoms with Crippen LogP contribution in [0.1, 0.15) is 0 Å². The molecule has 1 heterocycles. The summed E-state index contributed by atoms with van der Waals surface area (Å²) in [6, 6.07) is 0. The van der Waals surface area contributed by atoms with Crippen LogP contribution >= 0.6 is 11.6 Å². The smallest absolute Gasteiger partial charge is 0.241 e. The highest BCUT2D eigenvalue weighted by Crippen LogP contribution is 2.16. The van der Waals surface area contributed by atoms with Crippen LogP contribution in [0.4, 0.5) is 0 Å². The third kappa shape index (κ3) is 2.17. The van der Waals surface area contributed by atoms with E-state index >= 15 is 0 Å². The summed E-state index contributed by atoms with van der Waals surface area (Å²) < 4.78 is 4.90. The molecule has 13 heavy (non-hydrogen) atoms. The summed E-state index contributed by atoms with van der Waals surface area (Å²) in [4.78, 5) is 3.86. The molecule has 0 amide bonds. The van der Waals surface area contributed by atoms with E-state index in [1.807, 2.05) is 12.4 Å². The van der Waals surface area contributed by atoms with E-state index < -0.39 is 0 Å². The molecule has 0 spiro atoms. The Morgan fingerprint density at radius 1 is 1.69 bits per heavy atom. The summed E-state index contributed by atoms with van der Waals surface area (Å²) in [5.74, 6) is 0.251. The summed E-state index contributed by atoms with van der Waals surface area (Å²) >= 11 is 5.73. The lowest BCUT2D eigenvalue weighted by Gasteiger charge is -2.10. The van der Waals surface area contributed by atoms with Crippen molar-refractivity contribution in [2.45, 2.75) is 0 Å². The monoisotopic (exact) mass is 200 g/mol. The minimum Gasteiger partial charge on any atom is -0.479 e. The maximum absolute atomic E-state index is 7.65. The maximum atomic E-state index is 7.65. The number of nitrogens with two attached hydrogens (primary N) is 1. The van der Waals surface area contributed by atoms with Gasteiger partial charge in [0, 0.05) is 0 Å². The quantitative estimate of drug-likeness (QED) is 0.585. The summed E-state index contributed by atoms with van der Waals surface area (Å²) in [5.41, 5.74) is 0.962. The van der Waals surface area contributed by atoms with Gasteiger partial charge in [-0.3, -0.25) is 5.41 Å². The molecule has 0 fully saturated rings. The number of quaternary nitrogens is 1. The second-order valence-electron chi connectivity index (χ2n) is 2.42. The van der Waals surface area contributed by atoms with Gasteiger partial charge in [0.05, 0.1) is 19.7 Å². The number of hydrogen-bond donors (Lipinski definition) is 2. The molecular formula is C8H11ClN3O+. The zero-order chi connectivity index (χ0) is 9.84. The van der Waals surface area contributed by atoms with E-state index in [2.05, 4.69) is 4.99 Å². The van der Waals surface area contributed by atoms with Crippen molar-refractivity contribution in [2.24, 2.45) is 4.99 Å². The van der Waals surface area contributed by atoms with E-state index in [0.29, 0.717) is 10.7 Å². The van der Waals surface area contributed by atoms with Crippen LogP contribution in [0.25, 0.3) is 0 Å². The molecule has 0 aromatic carbocycles. The lowest BCUT2D eigenvalue weighted by Crippen LogP contribution is -2.73. The molecule has 1 aliphatic rings. The minimum absolute atomic E-state index is 0.251. The van der Waals surface area contributed by atoms with E-state index in [9.17, 15) is 0 Å². The number of methoxy groups -OCH3 is 1. The van der Waals surface area contributed by atoms with Gasteiger partial charge in [-0.15, -0.1) is 0 Å². The van der Waals surface area contributed by atoms with E-state index in [1.165, 1.54) is 7.11 Å². The molecule has 0 saturated heterocycles. The van der Waals surface area contributed by atoms with Gasteiger partial charge < -0.3 is 10.1 Å². The number of allylic oxidation sites excluding steroid dienone is 1. The molecule has 0 radical (unpaired) electrons. The fourth-order valence-corrected chi connectivity index (χ4v) is 1.16. The molecule has 0 atom stereocenters. The molecule has 1 aliphatic heterocycles. The predicted molar refractivity (Wildman–Crippen MR) is 52.0 cm³/mol. The Labute approximate surface area is 81.5 Å². The lowest BCUT2D eigenvalue weighted by atomic mass is 10.1. The predicted octanol–water partition coefficient (Wildman–Crippen LogP) is 0.222. The first kappa shape index (κ1) is 9.95. The highest BCUT2D eigenvalue weighted by atomic mass is 35.5. The van der Waals surface area contributed by atoms with Crippen molar-refractivity contribution in [3.8, 4) is 0 Å². The van der Waals surface area contributed by atoms with Gasteiger partial charge in [-0.1, -0.05) is 11.6 Å². The van der Waals surface area contributed by atoms with Crippen LogP contribution in [0, 0.1) is 5.41 Å². The van der Waals surface area contributed by atoms with Gasteiger partial charge >= 0.3 is 0 Å². The van der Waals surface area contributed by atoms with Crippen LogP contribution in [0.2, 0.25) is 0 Å². The minimum atomic E-state index is 0.251. The highest BCUT2D eigenvalue weighted by Gasteiger charge is 2.18. The number of rotatable bonds is 1. The Balaban J connectivity index is 3.02. The lowest BCUT2D eigenvalue weighted by molar-refractivity contribution is -0.556. The number of hydrogen-bond acceptors (Lipinski definition) is 3. The van der Waals surface area contributed by atoms with Crippen LogP contribution in [-0.4, -0.2) is 25.8 Å². The Bertz CT molecular complexity index is 317. The largest absolute Gasteiger partial charge is 0.479 e. The molecular weight excluding hydrogens is 190 g/mol. The third-order valence-electron chi connectivity index (χ3n) is 1.53. The number of nitrogens with one attached hydrogen (secondary N) is 1. The summed E-state index contributed by atoms with van der Waals surface area (Å²) in [7, 11) is 3.34. The molecule has 5 heteroatoms. The van der Waals surface area contributed by atoms with Crippen molar-refractivity contribution in [1.82, 2.24) is 0 Å². The van der Waals surface area contributed by atoms with Gasteiger partial charge in [-0.2, -0.15) is 4.99 Å². The highest BCUT2D eigenvalue weighted by molar-refractivity contribution is 6.47. The second kappa shape index (κ2) is 4.20. The molecule has 0 saturated carbocycles. The van der Waals surface area contributed by atoms with Crippen LogP contribution in [-0.2, 0) is 4.74 Å². The van der Waals surface area contributed by atoms with Crippen molar-refractivity contribution < 1.29 is 10.1 Å². The molecule has 1 rings (SSSR count). The van der Waals surface area contributed by atoms with Gasteiger partial charge in [0.15, 0.2) is 0 Å². The van der Waals surface area contributed by atoms with Crippen LogP contribution in [0.15, 0.2) is 28.0 Å². The number of halogens is 1. The normalized spacial score (nSPS) is 19.9. The number of nitrogens with zero attached hydrogens (tertiary/aromatic N) is 1. The third-order valence-corrected chi connectivity index (χ3v) is 1.72. The van der Waals surface area contributed by atoms with Crippen LogP contribution in [0.3, 0.4) is 0 Å². The summed E-state index contributed by atoms with van der Waals surface area (Å²) in [6.45, 7) is 0.